The summed E-state index contributed by atoms with van der Waals surface area (Å²) in [5.41, 5.74) is 0. The molecule has 0 radical (unpaired) electrons. The van der Waals surface area contributed by atoms with Crippen LogP contribution in [-0.2, 0) is 0 Å². The van der Waals surface area contributed by atoms with E-state index in [4.69, 9.17) is 0 Å². The molecule has 0 aromatic carbocycles. The summed E-state index contributed by atoms with van der Waals surface area (Å²) in [4.78, 5) is 0. The van der Waals surface area contributed by atoms with Crippen molar-refractivity contribution in [1.82, 2.24) is 14.0 Å². The maximum Gasteiger partial charge on any atom is 0.170 e. The number of hydrogen-bond donors (Lipinski definition) is 1. The number of hydrogen-bond acceptors (Lipinski definition) is 3. The lowest BCUT2D eigenvalue weighted by Gasteiger charge is -2.15. The van der Waals surface area contributed by atoms with Gasteiger partial charge < -0.3 is 3.90 Å². The first-order chi connectivity index (χ1) is 3.63. The van der Waals surface area contributed by atoms with Gasteiger partial charge in [0.1, 0.15) is 0 Å². The van der Waals surface area contributed by atoms with Crippen LogP contribution in [0.15, 0.2) is 0 Å². The first-order valence-corrected chi connectivity index (χ1v) is 5.81. The van der Waals surface area contributed by atoms with Gasteiger partial charge in [-0.15, -0.1) is 0 Å². The van der Waals surface area contributed by atoms with Gasteiger partial charge in [-0.1, -0.05) is 0 Å². The molecule has 0 saturated heterocycles. The highest BCUT2D eigenvalue weighted by molar-refractivity contribution is 6.50. The van der Waals surface area contributed by atoms with Crippen LogP contribution < -0.4 is 5.09 Å². The first kappa shape index (κ1) is 8.53. The maximum atomic E-state index is 3.31. The second-order valence-corrected chi connectivity index (χ2v) is 11.6. The molecule has 0 rings (SSSR count). The topological polar surface area (TPSA) is 18.5 Å². The van der Waals surface area contributed by atoms with Crippen molar-refractivity contribution in [3.05, 3.63) is 0 Å². The highest BCUT2D eigenvalue weighted by Gasteiger charge is 1.88. The Morgan fingerprint density at radius 2 is 1.88 bits per heavy atom. The molecule has 0 aliphatic heterocycles. The van der Waals surface area contributed by atoms with Crippen molar-refractivity contribution in [1.29, 1.82) is 0 Å². The fourth-order valence-corrected chi connectivity index (χ4v) is 1.70. The van der Waals surface area contributed by atoms with Crippen molar-refractivity contribution in [3.8, 4) is 0 Å². The van der Waals surface area contributed by atoms with Gasteiger partial charge in [-0.05, 0) is 0 Å². The van der Waals surface area contributed by atoms with Crippen molar-refractivity contribution in [2.45, 2.75) is 0 Å². The second kappa shape index (κ2) is 4.41. The predicted molar refractivity (Wildman–Crippen MR) is 47.1 cm³/mol. The van der Waals surface area contributed by atoms with Gasteiger partial charge >= 0.3 is 0 Å². The van der Waals surface area contributed by atoms with Crippen LogP contribution in [0.1, 0.15) is 0 Å². The van der Waals surface area contributed by atoms with Crippen molar-refractivity contribution < 1.29 is 0 Å². The van der Waals surface area contributed by atoms with E-state index in [1.807, 2.05) is 19.1 Å². The van der Waals surface area contributed by atoms with Crippen molar-refractivity contribution in [2.24, 2.45) is 0 Å². The molecule has 0 bridgehead atoms. The molecular weight excluding hydrogens is 150 g/mol. The third-order valence-corrected chi connectivity index (χ3v) is 4.01. The fourth-order valence-electron chi connectivity index (χ4n) is 0.283. The number of hydrazine groups is 1. The van der Waals surface area contributed by atoms with Crippen LogP contribution in [0.3, 0.4) is 0 Å². The van der Waals surface area contributed by atoms with Crippen molar-refractivity contribution in [2.75, 3.05) is 14.1 Å². The maximum absolute atomic E-state index is 3.31. The molecule has 3 nitrogen and oxygen atoms in total. The van der Waals surface area contributed by atoms with E-state index >= 15 is 0 Å². The molecular formula is C2H15N3Si3. The van der Waals surface area contributed by atoms with E-state index in [9.17, 15) is 0 Å². The van der Waals surface area contributed by atoms with Crippen LogP contribution in [0, 0.1) is 0 Å². The van der Waals surface area contributed by atoms with Gasteiger partial charge in [0.2, 0.25) is 0 Å². The lowest BCUT2D eigenvalue weighted by molar-refractivity contribution is 0.369. The van der Waals surface area contributed by atoms with Crippen LogP contribution >= 0.6 is 0 Å². The van der Waals surface area contributed by atoms with Gasteiger partial charge in [-0.2, -0.15) is 0 Å². The summed E-state index contributed by atoms with van der Waals surface area (Å²) in [7, 11) is 6.50. The van der Waals surface area contributed by atoms with Crippen molar-refractivity contribution >= 4 is 30.7 Å². The Morgan fingerprint density at radius 1 is 1.38 bits per heavy atom. The lowest BCUT2D eigenvalue weighted by atomic mass is 11.2. The minimum Gasteiger partial charge on any atom is -0.375 e. The Hall–Kier alpha value is 0.531. The fraction of sp³-hybridized carbons (Fsp3) is 1.00. The SMILES string of the molecule is CN(C)N[SiH2]N([SiH3])[SiH3]. The normalized spacial score (nSPS) is 13.5. The number of rotatable bonds is 3. The summed E-state index contributed by atoms with van der Waals surface area (Å²) in [5, 5.41) is 5.35. The quantitative estimate of drug-likeness (QED) is 0.339. The second-order valence-electron chi connectivity index (χ2n) is 2.29. The molecule has 0 fully saturated rings. The van der Waals surface area contributed by atoms with Gasteiger partial charge in [0.25, 0.3) is 0 Å². The Balaban J connectivity index is 2.93. The zero-order valence-electron chi connectivity index (χ0n) is 6.10. The highest BCUT2D eigenvalue weighted by atomic mass is 28.3. The van der Waals surface area contributed by atoms with Gasteiger partial charge in [0.05, 0.1) is 20.8 Å². The Morgan fingerprint density at radius 3 is 2.00 bits per heavy atom. The monoisotopic (exact) mass is 165 g/mol. The van der Waals surface area contributed by atoms with E-state index in [1.54, 1.807) is 0 Å². The number of nitrogens with zero attached hydrogens (tertiary/aromatic N) is 2. The molecule has 0 heterocycles. The molecule has 0 unspecified atom stereocenters. The van der Waals surface area contributed by atoms with Gasteiger partial charge in [-0.25, -0.2) is 0 Å². The van der Waals surface area contributed by atoms with Gasteiger partial charge in [0.15, 0.2) is 9.84 Å². The van der Waals surface area contributed by atoms with E-state index in [0.717, 1.165) is 0 Å². The third kappa shape index (κ3) is 6.53. The summed E-state index contributed by atoms with van der Waals surface area (Å²) in [6.07, 6.45) is 0. The van der Waals surface area contributed by atoms with Crippen LogP contribution in [0.2, 0.25) is 0 Å². The minimum absolute atomic E-state index is 0.0687. The molecule has 0 aromatic rings. The average Bonchev–Trinajstić information content (AvgIpc) is 1.61. The van der Waals surface area contributed by atoms with Crippen LogP contribution in [0.5, 0.6) is 0 Å². The predicted octanol–water partition coefficient (Wildman–Crippen LogP) is -4.09. The third-order valence-electron chi connectivity index (χ3n) is 0.703. The number of nitrogens with one attached hydrogen (secondary N) is 1. The Labute approximate surface area is 59.4 Å². The standard InChI is InChI=1S/C2H15N3Si3/c1-4(2)3-8-5(6)7/h3H,8H2,1-2,6-7H3. The van der Waals surface area contributed by atoms with Crippen LogP contribution in [0.4, 0.5) is 0 Å². The van der Waals surface area contributed by atoms with Gasteiger partial charge in [0, 0.05) is 14.1 Å². The zero-order chi connectivity index (χ0) is 6.57. The molecule has 50 valence electrons. The van der Waals surface area contributed by atoms with E-state index in [2.05, 4.69) is 8.99 Å². The first-order valence-electron chi connectivity index (χ1n) is 2.68. The summed E-state index contributed by atoms with van der Waals surface area (Å²) in [5.74, 6) is 0. The molecule has 8 heavy (non-hydrogen) atoms. The summed E-state index contributed by atoms with van der Waals surface area (Å²) < 4.78 is 2.49. The molecule has 0 atom stereocenters. The molecule has 0 saturated carbocycles. The van der Waals surface area contributed by atoms with Gasteiger partial charge in [-0.3, -0.25) is 10.1 Å². The molecule has 0 aliphatic rings. The van der Waals surface area contributed by atoms with E-state index in [1.165, 1.54) is 20.8 Å². The lowest BCUT2D eigenvalue weighted by Crippen LogP contribution is -2.42. The smallest absolute Gasteiger partial charge is 0.170 e. The van der Waals surface area contributed by atoms with E-state index < -0.39 is 0 Å². The van der Waals surface area contributed by atoms with Crippen LogP contribution in [0.25, 0.3) is 0 Å². The van der Waals surface area contributed by atoms with E-state index in [0.29, 0.717) is 0 Å². The Bertz CT molecular complexity index is 48.5. The average molecular weight is 165 g/mol. The molecule has 0 aliphatic carbocycles. The van der Waals surface area contributed by atoms with E-state index in [-0.39, 0.29) is 9.84 Å². The molecule has 0 amide bonds. The minimum atomic E-state index is -0.0687. The molecule has 0 spiro atoms. The van der Waals surface area contributed by atoms with Crippen molar-refractivity contribution in [3.63, 3.8) is 0 Å². The van der Waals surface area contributed by atoms with Crippen LogP contribution in [-0.4, -0.2) is 53.7 Å². The zero-order valence-corrected chi connectivity index (χ0v) is 11.5. The summed E-state index contributed by atoms with van der Waals surface area (Å²) >= 11 is 0. The molecule has 0 aromatic heterocycles. The highest BCUT2D eigenvalue weighted by Crippen LogP contribution is 1.61. The molecule has 6 heteroatoms. The Kier molecular flexibility index (Phi) is 4.71. The molecule has 1 N–H and O–H groups in total. The summed E-state index contributed by atoms with van der Waals surface area (Å²) in [6, 6.07) is 0. The largest absolute Gasteiger partial charge is 0.375 e. The summed E-state index contributed by atoms with van der Waals surface area (Å²) in [6.45, 7) is 0.